The minimum absolute atomic E-state index is 0.0164. The van der Waals surface area contributed by atoms with Crippen molar-refractivity contribution in [3.63, 3.8) is 0 Å². The number of hydrogen-bond acceptors (Lipinski definition) is 5. The summed E-state index contributed by atoms with van der Waals surface area (Å²) in [5.41, 5.74) is 4.17. The first kappa shape index (κ1) is 23.0. The first-order chi connectivity index (χ1) is 15.6. The topological polar surface area (TPSA) is 68.8 Å². The van der Waals surface area contributed by atoms with Gasteiger partial charge in [0.25, 0.3) is 0 Å². The molecular weight excluding hydrogens is 404 g/mol. The van der Waals surface area contributed by atoms with Gasteiger partial charge in [0.15, 0.2) is 0 Å². The molecule has 6 heteroatoms. The third kappa shape index (κ3) is 6.94. The maximum absolute atomic E-state index is 12.2. The molecule has 32 heavy (non-hydrogen) atoms. The van der Waals surface area contributed by atoms with Crippen molar-refractivity contribution in [3.05, 3.63) is 83.4 Å². The van der Waals surface area contributed by atoms with Crippen molar-refractivity contribution in [2.45, 2.75) is 19.4 Å². The normalized spacial score (nSPS) is 10.3. The van der Waals surface area contributed by atoms with E-state index in [1.807, 2.05) is 66.7 Å². The van der Waals surface area contributed by atoms with Gasteiger partial charge in [-0.3, -0.25) is 4.79 Å². The van der Waals surface area contributed by atoms with Crippen LogP contribution in [0.15, 0.2) is 66.7 Å². The number of carbonyl (C=O) groups excluding carboxylic acids is 1. The average molecular weight is 435 g/mol. The fourth-order valence-electron chi connectivity index (χ4n) is 3.30. The molecule has 6 nitrogen and oxygen atoms in total. The highest BCUT2D eigenvalue weighted by atomic mass is 16.5. The molecule has 0 aliphatic carbocycles. The molecule has 0 atom stereocenters. The van der Waals surface area contributed by atoms with E-state index in [1.165, 1.54) is 0 Å². The molecule has 0 unspecified atom stereocenters. The van der Waals surface area contributed by atoms with Crippen LogP contribution in [0.25, 0.3) is 0 Å². The molecule has 0 aliphatic rings. The molecule has 0 saturated carbocycles. The van der Waals surface area contributed by atoms with Crippen LogP contribution in [-0.4, -0.2) is 33.8 Å². The lowest BCUT2D eigenvalue weighted by molar-refractivity contribution is -0.120. The maximum atomic E-state index is 12.2. The van der Waals surface area contributed by atoms with Crippen molar-refractivity contribution in [2.75, 3.05) is 33.2 Å². The van der Waals surface area contributed by atoms with E-state index in [1.54, 1.807) is 21.3 Å². The van der Waals surface area contributed by atoms with Gasteiger partial charge in [0.05, 0.1) is 27.8 Å². The smallest absolute Gasteiger partial charge is 0.224 e. The quantitative estimate of drug-likeness (QED) is 0.473. The minimum atomic E-state index is 0.0164. The molecule has 0 spiro atoms. The van der Waals surface area contributed by atoms with Crippen molar-refractivity contribution in [2.24, 2.45) is 0 Å². The lowest BCUT2D eigenvalue weighted by Crippen LogP contribution is -2.27. The lowest BCUT2D eigenvalue weighted by atomic mass is 10.1. The Balaban J connectivity index is 1.44. The Kier molecular flexibility index (Phi) is 8.37. The van der Waals surface area contributed by atoms with Crippen molar-refractivity contribution in [1.82, 2.24) is 5.32 Å². The predicted octanol–water partition coefficient (Wildman–Crippen LogP) is 4.23. The van der Waals surface area contributed by atoms with E-state index in [0.29, 0.717) is 19.5 Å². The highest BCUT2D eigenvalue weighted by molar-refractivity contribution is 5.78. The number of methoxy groups -OCH3 is 3. The molecule has 0 bridgehead atoms. The Morgan fingerprint density at radius 2 is 1.31 bits per heavy atom. The van der Waals surface area contributed by atoms with Crippen LogP contribution in [0.2, 0.25) is 0 Å². The van der Waals surface area contributed by atoms with E-state index in [9.17, 15) is 4.79 Å². The fourth-order valence-corrected chi connectivity index (χ4v) is 3.30. The van der Waals surface area contributed by atoms with E-state index < -0.39 is 0 Å². The van der Waals surface area contributed by atoms with Gasteiger partial charge in [0.1, 0.15) is 17.2 Å². The SMILES string of the molecule is COc1ccc(CCNC(=O)Cc2ccc(NCc3cc(OC)cc(OC)c3)cc2)cc1. The van der Waals surface area contributed by atoms with Gasteiger partial charge in [-0.05, 0) is 59.5 Å². The summed E-state index contributed by atoms with van der Waals surface area (Å²) in [6.07, 6.45) is 1.14. The Labute approximate surface area is 189 Å². The van der Waals surface area contributed by atoms with Crippen LogP contribution in [0, 0.1) is 0 Å². The largest absolute Gasteiger partial charge is 0.497 e. The summed E-state index contributed by atoms with van der Waals surface area (Å²) in [5, 5.41) is 6.37. The molecule has 168 valence electrons. The molecule has 0 aliphatic heterocycles. The summed E-state index contributed by atoms with van der Waals surface area (Å²) < 4.78 is 15.8. The summed E-state index contributed by atoms with van der Waals surface area (Å²) in [5.74, 6) is 2.37. The summed E-state index contributed by atoms with van der Waals surface area (Å²) in [6, 6.07) is 21.6. The number of benzene rings is 3. The number of amides is 1. The first-order valence-electron chi connectivity index (χ1n) is 10.5. The van der Waals surface area contributed by atoms with E-state index in [-0.39, 0.29) is 5.91 Å². The van der Waals surface area contributed by atoms with Gasteiger partial charge in [0.2, 0.25) is 5.91 Å². The van der Waals surface area contributed by atoms with Crippen LogP contribution in [0.4, 0.5) is 5.69 Å². The number of nitrogens with one attached hydrogen (secondary N) is 2. The second-order valence-electron chi connectivity index (χ2n) is 7.40. The highest BCUT2D eigenvalue weighted by Gasteiger charge is 2.05. The zero-order valence-electron chi connectivity index (χ0n) is 18.8. The van der Waals surface area contributed by atoms with Crippen LogP contribution in [0.5, 0.6) is 17.2 Å². The third-order valence-corrected chi connectivity index (χ3v) is 5.12. The summed E-state index contributed by atoms with van der Waals surface area (Å²) in [6.45, 7) is 1.24. The van der Waals surface area contributed by atoms with Gasteiger partial charge in [-0.2, -0.15) is 0 Å². The number of anilines is 1. The number of carbonyl (C=O) groups is 1. The van der Waals surface area contributed by atoms with Gasteiger partial charge in [-0.15, -0.1) is 0 Å². The molecule has 0 heterocycles. The monoisotopic (exact) mass is 434 g/mol. The van der Waals surface area contributed by atoms with E-state index in [2.05, 4.69) is 10.6 Å². The molecule has 2 N–H and O–H groups in total. The second-order valence-corrected chi connectivity index (χ2v) is 7.40. The van der Waals surface area contributed by atoms with Gasteiger partial charge < -0.3 is 24.8 Å². The predicted molar refractivity (Wildman–Crippen MR) is 127 cm³/mol. The Morgan fingerprint density at radius 1 is 0.719 bits per heavy atom. The number of hydrogen-bond donors (Lipinski definition) is 2. The van der Waals surface area contributed by atoms with Crippen LogP contribution in [0.1, 0.15) is 16.7 Å². The van der Waals surface area contributed by atoms with Crippen LogP contribution in [0.3, 0.4) is 0 Å². The van der Waals surface area contributed by atoms with Crippen molar-refractivity contribution >= 4 is 11.6 Å². The standard InChI is InChI=1S/C26H30N2O4/c1-30-23-10-6-19(7-11-23)12-13-27-26(29)16-20-4-8-22(9-5-20)28-18-21-14-24(31-2)17-25(15-21)32-3/h4-11,14-15,17,28H,12-13,16,18H2,1-3H3,(H,27,29). The number of ether oxygens (including phenoxy) is 3. The minimum Gasteiger partial charge on any atom is -0.497 e. The van der Waals surface area contributed by atoms with E-state index >= 15 is 0 Å². The van der Waals surface area contributed by atoms with Crippen LogP contribution >= 0.6 is 0 Å². The van der Waals surface area contributed by atoms with Gasteiger partial charge >= 0.3 is 0 Å². The number of rotatable bonds is 11. The van der Waals surface area contributed by atoms with Gasteiger partial charge in [0, 0.05) is 24.8 Å². The van der Waals surface area contributed by atoms with Crippen molar-refractivity contribution < 1.29 is 19.0 Å². The van der Waals surface area contributed by atoms with Gasteiger partial charge in [-0.25, -0.2) is 0 Å². The van der Waals surface area contributed by atoms with Gasteiger partial charge in [-0.1, -0.05) is 24.3 Å². The molecular formula is C26H30N2O4. The van der Waals surface area contributed by atoms with Crippen molar-refractivity contribution in [1.29, 1.82) is 0 Å². The molecule has 3 rings (SSSR count). The van der Waals surface area contributed by atoms with Crippen molar-refractivity contribution in [3.8, 4) is 17.2 Å². The molecule has 0 radical (unpaired) electrons. The molecule has 0 fully saturated rings. The maximum Gasteiger partial charge on any atom is 0.224 e. The van der Waals surface area contributed by atoms with E-state index in [0.717, 1.165) is 46.0 Å². The van der Waals surface area contributed by atoms with Crippen LogP contribution < -0.4 is 24.8 Å². The second kappa shape index (κ2) is 11.6. The average Bonchev–Trinajstić information content (AvgIpc) is 2.83. The molecule has 0 aromatic heterocycles. The summed E-state index contributed by atoms with van der Waals surface area (Å²) in [7, 11) is 4.93. The summed E-state index contributed by atoms with van der Waals surface area (Å²) in [4.78, 5) is 12.2. The molecule has 1 amide bonds. The van der Waals surface area contributed by atoms with Crippen LogP contribution in [-0.2, 0) is 24.2 Å². The molecule has 3 aromatic carbocycles. The van der Waals surface area contributed by atoms with E-state index in [4.69, 9.17) is 14.2 Å². The third-order valence-electron chi connectivity index (χ3n) is 5.12. The molecule has 0 saturated heterocycles. The molecule has 3 aromatic rings. The Morgan fingerprint density at radius 3 is 1.91 bits per heavy atom. The fraction of sp³-hybridized carbons (Fsp3) is 0.269. The highest BCUT2D eigenvalue weighted by Crippen LogP contribution is 2.23. The first-order valence-corrected chi connectivity index (χ1v) is 10.5. The lowest BCUT2D eigenvalue weighted by Gasteiger charge is -2.11. The summed E-state index contributed by atoms with van der Waals surface area (Å²) >= 11 is 0. The zero-order chi connectivity index (χ0) is 22.8. The zero-order valence-corrected chi connectivity index (χ0v) is 18.8. The Bertz CT molecular complexity index is 979. The Hall–Kier alpha value is -3.67.